The number of carbonyl (C=O) groups is 2. The lowest BCUT2D eigenvalue weighted by atomic mass is 10.0. The van der Waals surface area contributed by atoms with Crippen molar-refractivity contribution in [2.75, 3.05) is 23.7 Å². The van der Waals surface area contributed by atoms with Gasteiger partial charge in [-0.05, 0) is 30.7 Å². The molecular weight excluding hydrogens is 386 g/mol. The van der Waals surface area contributed by atoms with Gasteiger partial charge in [-0.2, -0.15) is 0 Å². The van der Waals surface area contributed by atoms with Crippen LogP contribution in [0.3, 0.4) is 0 Å². The predicted octanol–water partition coefficient (Wildman–Crippen LogP) is 6.65. The zero-order chi connectivity index (χ0) is 22.6. The molecule has 0 bridgehead atoms. The van der Waals surface area contributed by atoms with Crippen LogP contribution in [0, 0.1) is 0 Å². The Morgan fingerprint density at radius 2 is 1.13 bits per heavy atom. The molecule has 0 aromatic heterocycles. The number of benzene rings is 1. The van der Waals surface area contributed by atoms with E-state index in [2.05, 4.69) is 22.9 Å². The van der Waals surface area contributed by atoms with E-state index in [4.69, 9.17) is 0 Å². The van der Waals surface area contributed by atoms with Crippen LogP contribution in [0.25, 0.3) is 0 Å². The highest BCUT2D eigenvalue weighted by atomic mass is 16.2. The van der Waals surface area contributed by atoms with Gasteiger partial charge in [-0.15, -0.1) is 0 Å². The molecule has 0 heterocycles. The minimum Gasteiger partial charge on any atom is -0.376 e. The van der Waals surface area contributed by atoms with Gasteiger partial charge >= 0.3 is 0 Å². The van der Waals surface area contributed by atoms with Crippen molar-refractivity contribution in [2.24, 2.45) is 0 Å². The standard InChI is InChI=1S/C26H45N3O2/c1-3-4-5-6-7-8-9-10-11-12-13-14-15-16-21-27-26(31)22-28-24-17-19-25(20-18-24)29-23(2)30/h17-20,28H,3-16,21-22H2,1-2H3,(H,27,31)(H,29,30). The lowest BCUT2D eigenvalue weighted by Gasteiger charge is -2.09. The van der Waals surface area contributed by atoms with E-state index < -0.39 is 0 Å². The van der Waals surface area contributed by atoms with Gasteiger partial charge in [-0.3, -0.25) is 9.59 Å². The molecule has 0 aliphatic carbocycles. The summed E-state index contributed by atoms with van der Waals surface area (Å²) in [6.45, 7) is 4.76. The average Bonchev–Trinajstić information content (AvgIpc) is 2.75. The number of carbonyl (C=O) groups excluding carboxylic acids is 2. The second-order valence-corrected chi connectivity index (χ2v) is 8.56. The largest absolute Gasteiger partial charge is 0.376 e. The highest BCUT2D eigenvalue weighted by Gasteiger charge is 2.01. The van der Waals surface area contributed by atoms with E-state index >= 15 is 0 Å². The Kier molecular flexibility index (Phi) is 16.3. The summed E-state index contributed by atoms with van der Waals surface area (Å²) in [7, 11) is 0. The Bertz CT molecular complexity index is 587. The number of nitrogens with one attached hydrogen (secondary N) is 3. The maximum absolute atomic E-state index is 11.9. The van der Waals surface area contributed by atoms with Crippen LogP contribution in [0.2, 0.25) is 0 Å². The molecule has 0 unspecified atom stereocenters. The first-order chi connectivity index (χ1) is 15.1. The molecule has 0 spiro atoms. The predicted molar refractivity (Wildman–Crippen MR) is 133 cm³/mol. The van der Waals surface area contributed by atoms with E-state index in [9.17, 15) is 9.59 Å². The highest BCUT2D eigenvalue weighted by molar-refractivity contribution is 5.88. The first-order valence-electron chi connectivity index (χ1n) is 12.5. The third kappa shape index (κ3) is 16.3. The molecule has 1 aromatic carbocycles. The molecule has 2 amide bonds. The normalized spacial score (nSPS) is 10.6. The van der Waals surface area contributed by atoms with Crippen molar-refractivity contribution in [2.45, 2.75) is 104 Å². The first-order valence-corrected chi connectivity index (χ1v) is 12.5. The Balaban J connectivity index is 1.88. The average molecular weight is 432 g/mol. The van der Waals surface area contributed by atoms with Crippen LogP contribution in [0.4, 0.5) is 11.4 Å². The van der Waals surface area contributed by atoms with Gasteiger partial charge in [0.15, 0.2) is 0 Å². The fourth-order valence-electron chi connectivity index (χ4n) is 3.67. The van der Waals surface area contributed by atoms with Gasteiger partial charge in [0.1, 0.15) is 0 Å². The molecular formula is C26H45N3O2. The molecule has 0 radical (unpaired) electrons. The topological polar surface area (TPSA) is 70.2 Å². The Hall–Kier alpha value is -2.04. The Labute approximate surface area is 190 Å². The van der Waals surface area contributed by atoms with Gasteiger partial charge in [0, 0.05) is 24.8 Å². The number of unbranched alkanes of at least 4 members (excludes halogenated alkanes) is 13. The zero-order valence-electron chi connectivity index (χ0n) is 19.9. The zero-order valence-corrected chi connectivity index (χ0v) is 19.9. The second kappa shape index (κ2) is 18.7. The van der Waals surface area contributed by atoms with E-state index in [1.807, 2.05) is 24.3 Å². The van der Waals surface area contributed by atoms with Crippen molar-refractivity contribution in [3.05, 3.63) is 24.3 Å². The lowest BCUT2D eigenvalue weighted by Crippen LogP contribution is -2.30. The summed E-state index contributed by atoms with van der Waals surface area (Å²) in [4.78, 5) is 22.9. The molecule has 0 fully saturated rings. The number of amides is 2. The van der Waals surface area contributed by atoms with Crippen molar-refractivity contribution in [1.82, 2.24) is 5.32 Å². The van der Waals surface area contributed by atoms with Gasteiger partial charge < -0.3 is 16.0 Å². The Morgan fingerprint density at radius 3 is 1.61 bits per heavy atom. The van der Waals surface area contributed by atoms with E-state index in [1.165, 1.54) is 90.4 Å². The maximum atomic E-state index is 11.9. The minimum atomic E-state index is -0.0939. The molecule has 0 aliphatic heterocycles. The van der Waals surface area contributed by atoms with Gasteiger partial charge in [0.25, 0.3) is 0 Å². The SMILES string of the molecule is CCCCCCCCCCCCCCCCNC(=O)CNc1ccc(NC(C)=O)cc1. The molecule has 1 aromatic rings. The van der Waals surface area contributed by atoms with Crippen LogP contribution in [0.1, 0.15) is 104 Å². The smallest absolute Gasteiger partial charge is 0.239 e. The molecule has 0 aliphatic rings. The molecule has 0 saturated heterocycles. The molecule has 31 heavy (non-hydrogen) atoms. The number of anilines is 2. The summed E-state index contributed by atoms with van der Waals surface area (Å²) in [6, 6.07) is 7.34. The molecule has 0 saturated carbocycles. The summed E-state index contributed by atoms with van der Waals surface area (Å²) < 4.78 is 0. The fraction of sp³-hybridized carbons (Fsp3) is 0.692. The van der Waals surface area contributed by atoms with Crippen LogP contribution < -0.4 is 16.0 Å². The van der Waals surface area contributed by atoms with Gasteiger partial charge in [0.05, 0.1) is 6.54 Å². The molecule has 3 N–H and O–H groups in total. The summed E-state index contributed by atoms with van der Waals surface area (Å²) in [5.74, 6) is -0.0794. The third-order valence-electron chi connectivity index (χ3n) is 5.51. The first kappa shape index (κ1) is 27.0. The Morgan fingerprint density at radius 1 is 0.677 bits per heavy atom. The maximum Gasteiger partial charge on any atom is 0.239 e. The van der Waals surface area contributed by atoms with Crippen LogP contribution in [0.5, 0.6) is 0 Å². The van der Waals surface area contributed by atoms with Crippen molar-refractivity contribution >= 4 is 23.2 Å². The van der Waals surface area contributed by atoms with Crippen molar-refractivity contribution < 1.29 is 9.59 Å². The summed E-state index contributed by atoms with van der Waals surface area (Å²) in [5.41, 5.74) is 1.61. The van der Waals surface area contributed by atoms with Crippen molar-refractivity contribution in [1.29, 1.82) is 0 Å². The third-order valence-corrected chi connectivity index (χ3v) is 5.51. The fourth-order valence-corrected chi connectivity index (χ4v) is 3.67. The van der Waals surface area contributed by atoms with Crippen LogP contribution in [-0.2, 0) is 9.59 Å². The van der Waals surface area contributed by atoms with E-state index in [-0.39, 0.29) is 18.4 Å². The van der Waals surface area contributed by atoms with E-state index in [0.29, 0.717) is 0 Å². The van der Waals surface area contributed by atoms with Crippen molar-refractivity contribution in [3.63, 3.8) is 0 Å². The van der Waals surface area contributed by atoms with Crippen LogP contribution in [-0.4, -0.2) is 24.9 Å². The highest BCUT2D eigenvalue weighted by Crippen LogP contribution is 2.14. The molecule has 1 rings (SSSR count). The van der Waals surface area contributed by atoms with E-state index in [1.54, 1.807) is 0 Å². The minimum absolute atomic E-state index is 0.0145. The monoisotopic (exact) mass is 431 g/mol. The van der Waals surface area contributed by atoms with Gasteiger partial charge in [-0.1, -0.05) is 90.4 Å². The van der Waals surface area contributed by atoms with Crippen LogP contribution in [0.15, 0.2) is 24.3 Å². The number of hydrogen-bond acceptors (Lipinski definition) is 3. The van der Waals surface area contributed by atoms with E-state index in [0.717, 1.165) is 24.3 Å². The molecule has 0 atom stereocenters. The molecule has 176 valence electrons. The van der Waals surface area contributed by atoms with Gasteiger partial charge in [-0.25, -0.2) is 0 Å². The number of rotatable bonds is 19. The molecule has 5 heteroatoms. The second-order valence-electron chi connectivity index (χ2n) is 8.56. The summed E-state index contributed by atoms with van der Waals surface area (Å²) >= 11 is 0. The molecule has 5 nitrogen and oxygen atoms in total. The summed E-state index contributed by atoms with van der Waals surface area (Å²) in [6.07, 6.45) is 18.8. The lowest BCUT2D eigenvalue weighted by molar-refractivity contribution is -0.119. The van der Waals surface area contributed by atoms with Gasteiger partial charge in [0.2, 0.25) is 11.8 Å². The van der Waals surface area contributed by atoms with Crippen molar-refractivity contribution in [3.8, 4) is 0 Å². The number of hydrogen-bond donors (Lipinski definition) is 3. The van der Waals surface area contributed by atoms with Crippen LogP contribution >= 0.6 is 0 Å². The quantitative estimate of drug-likeness (QED) is 0.215. The summed E-state index contributed by atoms with van der Waals surface area (Å²) in [5, 5.41) is 8.80.